The fraction of sp³-hybridized carbons (Fsp3) is 0.310. The largest absolute Gasteiger partial charge is 0.495 e. The number of anilines is 2. The van der Waals surface area contributed by atoms with Gasteiger partial charge < -0.3 is 9.84 Å². The van der Waals surface area contributed by atoms with Crippen LogP contribution in [0.25, 0.3) is 10.2 Å². The van der Waals surface area contributed by atoms with E-state index in [-0.39, 0.29) is 33.2 Å². The molecule has 1 aliphatic rings. The second kappa shape index (κ2) is 10.0. The molecular formula is C29H30N2O5S2. The van der Waals surface area contributed by atoms with E-state index < -0.39 is 16.0 Å². The topological polar surface area (TPSA) is 96.8 Å². The van der Waals surface area contributed by atoms with Crippen LogP contribution in [-0.4, -0.2) is 31.6 Å². The lowest BCUT2D eigenvalue weighted by Gasteiger charge is -2.36. The molecule has 4 aromatic rings. The summed E-state index contributed by atoms with van der Waals surface area (Å²) in [6.45, 7) is 4.55. The third-order valence-corrected chi connectivity index (χ3v) is 9.95. The van der Waals surface area contributed by atoms with E-state index in [1.165, 1.54) is 41.0 Å². The first-order valence-electron chi connectivity index (χ1n) is 12.5. The van der Waals surface area contributed by atoms with Crippen molar-refractivity contribution < 1.29 is 23.1 Å². The number of carboxylic acids is 1. The van der Waals surface area contributed by atoms with Gasteiger partial charge in [-0.3, -0.25) is 0 Å². The van der Waals surface area contributed by atoms with Gasteiger partial charge in [-0.15, -0.1) is 11.3 Å². The van der Waals surface area contributed by atoms with E-state index in [1.807, 2.05) is 24.3 Å². The molecule has 198 valence electrons. The van der Waals surface area contributed by atoms with Gasteiger partial charge in [0.2, 0.25) is 0 Å². The first-order chi connectivity index (χ1) is 18.1. The standard InChI is InChI=1S/C29H30N2O5S2/c1-29(2)14-12-19(13-15-29)22-6-4-5-7-24(22)31(25-10-8-20(28(32)33)16-26(25)36-3)38(34,35)21-9-11-27-23(17-21)30-18-37-27/h4-11,16-19H,12-15H2,1-3H3,(H,32,33). The Hall–Kier alpha value is -3.43. The smallest absolute Gasteiger partial charge is 0.335 e. The molecule has 1 aliphatic carbocycles. The van der Waals surface area contributed by atoms with Gasteiger partial charge in [0.25, 0.3) is 10.0 Å². The van der Waals surface area contributed by atoms with Crippen molar-refractivity contribution in [3.8, 4) is 5.75 Å². The molecule has 3 aromatic carbocycles. The van der Waals surface area contributed by atoms with Gasteiger partial charge in [0.1, 0.15) is 5.75 Å². The fourth-order valence-electron chi connectivity index (χ4n) is 5.20. The molecule has 0 radical (unpaired) electrons. The summed E-state index contributed by atoms with van der Waals surface area (Å²) in [5.74, 6) is -0.770. The van der Waals surface area contributed by atoms with Crippen molar-refractivity contribution in [1.82, 2.24) is 4.98 Å². The summed E-state index contributed by atoms with van der Waals surface area (Å²) in [4.78, 5) is 16.1. The van der Waals surface area contributed by atoms with Crippen LogP contribution in [0.4, 0.5) is 11.4 Å². The van der Waals surface area contributed by atoms with Crippen molar-refractivity contribution in [2.24, 2.45) is 5.41 Å². The van der Waals surface area contributed by atoms with Crippen LogP contribution in [0.2, 0.25) is 0 Å². The first-order valence-corrected chi connectivity index (χ1v) is 14.8. The minimum atomic E-state index is -4.16. The van der Waals surface area contributed by atoms with Crippen LogP contribution >= 0.6 is 11.3 Å². The van der Waals surface area contributed by atoms with Crippen molar-refractivity contribution in [2.45, 2.75) is 50.3 Å². The SMILES string of the molecule is COc1cc(C(=O)O)ccc1N(c1ccccc1C1CCC(C)(C)CC1)S(=O)(=O)c1ccc2scnc2c1. The summed E-state index contributed by atoms with van der Waals surface area (Å²) in [6.07, 6.45) is 4.02. The lowest BCUT2D eigenvalue weighted by molar-refractivity contribution is 0.0696. The van der Waals surface area contributed by atoms with Gasteiger partial charge in [-0.05, 0) is 85.0 Å². The Morgan fingerprint density at radius 1 is 1.05 bits per heavy atom. The zero-order chi connectivity index (χ0) is 27.1. The molecule has 1 heterocycles. The van der Waals surface area contributed by atoms with Gasteiger partial charge in [-0.1, -0.05) is 32.0 Å². The first kappa shape index (κ1) is 26.2. The van der Waals surface area contributed by atoms with Gasteiger partial charge in [0.05, 0.1) is 44.7 Å². The molecule has 0 aliphatic heterocycles. The Morgan fingerprint density at radius 2 is 1.79 bits per heavy atom. The van der Waals surface area contributed by atoms with Gasteiger partial charge in [-0.2, -0.15) is 0 Å². The minimum Gasteiger partial charge on any atom is -0.495 e. The van der Waals surface area contributed by atoms with Crippen molar-refractivity contribution in [3.05, 3.63) is 77.3 Å². The number of hydrogen-bond acceptors (Lipinski definition) is 6. The molecule has 1 N–H and O–H groups in total. The quantitative estimate of drug-likeness (QED) is 0.261. The van der Waals surface area contributed by atoms with Crippen molar-refractivity contribution in [2.75, 3.05) is 11.4 Å². The molecule has 7 nitrogen and oxygen atoms in total. The van der Waals surface area contributed by atoms with E-state index in [0.717, 1.165) is 35.9 Å². The number of carbonyl (C=O) groups is 1. The van der Waals surface area contributed by atoms with Crippen LogP contribution in [-0.2, 0) is 10.0 Å². The molecule has 38 heavy (non-hydrogen) atoms. The highest BCUT2D eigenvalue weighted by Gasteiger charge is 2.35. The number of ether oxygens (including phenoxy) is 1. The number of aromatic carboxylic acids is 1. The molecule has 1 saturated carbocycles. The van der Waals surface area contributed by atoms with Crippen LogP contribution in [0.3, 0.4) is 0 Å². The number of fused-ring (bicyclic) bond motifs is 1. The number of hydrogen-bond donors (Lipinski definition) is 1. The third-order valence-electron chi connectivity index (χ3n) is 7.42. The molecule has 0 saturated heterocycles. The highest BCUT2D eigenvalue weighted by molar-refractivity contribution is 7.93. The maximum absolute atomic E-state index is 14.5. The zero-order valence-corrected chi connectivity index (χ0v) is 23.2. The number of rotatable bonds is 7. The second-order valence-corrected chi connectivity index (χ2v) is 13.1. The number of sulfonamides is 1. The Kier molecular flexibility index (Phi) is 6.92. The van der Waals surface area contributed by atoms with Crippen LogP contribution in [0.1, 0.15) is 61.4 Å². The van der Waals surface area contributed by atoms with Crippen molar-refractivity contribution in [1.29, 1.82) is 0 Å². The highest BCUT2D eigenvalue weighted by atomic mass is 32.2. The maximum atomic E-state index is 14.5. The number of para-hydroxylation sites is 1. The van der Waals surface area contributed by atoms with Gasteiger partial charge >= 0.3 is 5.97 Å². The summed E-state index contributed by atoms with van der Waals surface area (Å²) >= 11 is 1.44. The molecular weight excluding hydrogens is 520 g/mol. The number of thiazole rings is 1. The summed E-state index contributed by atoms with van der Waals surface area (Å²) < 4.78 is 36.7. The molecule has 9 heteroatoms. The molecule has 0 unspecified atom stereocenters. The number of nitrogens with zero attached hydrogens (tertiary/aromatic N) is 2. The van der Waals surface area contributed by atoms with Crippen molar-refractivity contribution >= 4 is 48.9 Å². The van der Waals surface area contributed by atoms with E-state index in [9.17, 15) is 18.3 Å². The third kappa shape index (κ3) is 4.88. The molecule has 1 fully saturated rings. The number of aromatic nitrogens is 1. The molecule has 0 bridgehead atoms. The summed E-state index contributed by atoms with van der Waals surface area (Å²) in [7, 11) is -2.75. The molecule has 0 spiro atoms. The normalized spacial score (nSPS) is 15.9. The molecule has 1 aromatic heterocycles. The lowest BCUT2D eigenvalue weighted by atomic mass is 9.71. The minimum absolute atomic E-state index is 0.00892. The van der Waals surface area contributed by atoms with E-state index in [0.29, 0.717) is 11.2 Å². The van der Waals surface area contributed by atoms with E-state index in [2.05, 4.69) is 18.8 Å². The Labute approximate surface area is 226 Å². The average molecular weight is 551 g/mol. The summed E-state index contributed by atoms with van der Waals surface area (Å²) in [6, 6.07) is 16.8. The highest BCUT2D eigenvalue weighted by Crippen LogP contribution is 2.48. The Balaban J connectivity index is 1.72. The molecule has 5 rings (SSSR count). The van der Waals surface area contributed by atoms with Crippen LogP contribution < -0.4 is 9.04 Å². The van der Waals surface area contributed by atoms with Crippen LogP contribution in [0, 0.1) is 5.41 Å². The fourth-order valence-corrected chi connectivity index (χ4v) is 7.40. The van der Waals surface area contributed by atoms with E-state index in [4.69, 9.17) is 4.74 Å². The van der Waals surface area contributed by atoms with Crippen molar-refractivity contribution in [3.63, 3.8) is 0 Å². The second-order valence-electron chi connectivity index (χ2n) is 10.4. The van der Waals surface area contributed by atoms with Gasteiger partial charge in [-0.25, -0.2) is 22.5 Å². The van der Waals surface area contributed by atoms with E-state index >= 15 is 0 Å². The average Bonchev–Trinajstić information content (AvgIpc) is 3.37. The Bertz CT molecular complexity index is 1600. The van der Waals surface area contributed by atoms with Gasteiger partial charge in [0, 0.05) is 0 Å². The Morgan fingerprint density at radius 3 is 2.50 bits per heavy atom. The van der Waals surface area contributed by atoms with Crippen LogP contribution in [0.15, 0.2) is 71.1 Å². The van der Waals surface area contributed by atoms with Gasteiger partial charge in [0.15, 0.2) is 0 Å². The van der Waals surface area contributed by atoms with E-state index in [1.54, 1.807) is 23.7 Å². The number of carboxylic acid groups (broad SMARTS) is 1. The summed E-state index contributed by atoms with van der Waals surface area (Å²) in [5, 5.41) is 9.53. The lowest BCUT2D eigenvalue weighted by Crippen LogP contribution is -2.29. The maximum Gasteiger partial charge on any atom is 0.335 e. The summed E-state index contributed by atoms with van der Waals surface area (Å²) in [5.41, 5.74) is 4.30. The monoisotopic (exact) mass is 550 g/mol. The predicted molar refractivity (Wildman–Crippen MR) is 150 cm³/mol. The number of methoxy groups -OCH3 is 1. The number of benzene rings is 3. The predicted octanol–water partition coefficient (Wildman–Crippen LogP) is 7.21. The molecule has 0 amide bonds. The van der Waals surface area contributed by atoms with Crippen LogP contribution in [0.5, 0.6) is 5.75 Å². The zero-order valence-electron chi connectivity index (χ0n) is 21.5. The molecule has 0 atom stereocenters.